The summed E-state index contributed by atoms with van der Waals surface area (Å²) in [5, 5.41) is 0. The minimum Gasteiger partial charge on any atom is -0.473 e. The Labute approximate surface area is 143 Å². The van der Waals surface area contributed by atoms with Crippen LogP contribution in [0.25, 0.3) is 12.2 Å². The van der Waals surface area contributed by atoms with Gasteiger partial charge in [0.1, 0.15) is 0 Å². The van der Waals surface area contributed by atoms with E-state index in [1.54, 1.807) is 0 Å². The van der Waals surface area contributed by atoms with Gasteiger partial charge in [0.25, 0.3) is 0 Å². The maximum atomic E-state index is 13.3. The smallest absolute Gasteiger partial charge is 0.200 e. The van der Waals surface area contributed by atoms with Crippen LogP contribution in [0.3, 0.4) is 0 Å². The SMILES string of the molecule is Fc1c(F)c(F)c(C=COC=Cc2c(F)c(F)c(F)c(F)c2F)c(F)c1F. The Kier molecular flexibility index (Phi) is 5.82. The zero-order chi connectivity index (χ0) is 20.5. The zero-order valence-corrected chi connectivity index (χ0v) is 12.5. The van der Waals surface area contributed by atoms with Gasteiger partial charge in [-0.05, 0) is 12.2 Å². The first kappa shape index (κ1) is 20.3. The molecule has 0 aliphatic heterocycles. The largest absolute Gasteiger partial charge is 0.473 e. The average molecular weight is 402 g/mol. The van der Waals surface area contributed by atoms with E-state index in [9.17, 15) is 43.9 Å². The summed E-state index contributed by atoms with van der Waals surface area (Å²) < 4.78 is 135. The van der Waals surface area contributed by atoms with Crippen molar-refractivity contribution in [3.8, 4) is 0 Å². The molecule has 2 aromatic rings. The second-order valence-corrected chi connectivity index (χ2v) is 4.71. The molecule has 0 unspecified atom stereocenters. The molecule has 0 radical (unpaired) electrons. The quantitative estimate of drug-likeness (QED) is 0.275. The van der Waals surface area contributed by atoms with E-state index >= 15 is 0 Å². The van der Waals surface area contributed by atoms with Crippen molar-refractivity contribution < 1.29 is 48.6 Å². The van der Waals surface area contributed by atoms with Crippen molar-refractivity contribution in [2.75, 3.05) is 0 Å². The highest BCUT2D eigenvalue weighted by Crippen LogP contribution is 2.25. The fourth-order valence-electron chi connectivity index (χ4n) is 1.80. The molecule has 0 aliphatic carbocycles. The molecular weight excluding hydrogens is 398 g/mol. The van der Waals surface area contributed by atoms with E-state index in [1.807, 2.05) is 0 Å². The highest BCUT2D eigenvalue weighted by Gasteiger charge is 2.25. The summed E-state index contributed by atoms with van der Waals surface area (Å²) in [6.45, 7) is 0. The average Bonchev–Trinajstić information content (AvgIpc) is 2.66. The number of hydrogen-bond donors (Lipinski definition) is 0. The van der Waals surface area contributed by atoms with Crippen LogP contribution in [0.2, 0.25) is 0 Å². The maximum Gasteiger partial charge on any atom is 0.200 e. The zero-order valence-electron chi connectivity index (χ0n) is 12.5. The second kappa shape index (κ2) is 7.72. The Bertz CT molecular complexity index is 829. The van der Waals surface area contributed by atoms with Crippen LogP contribution in [0.4, 0.5) is 43.9 Å². The molecular formula is C16H4F10O. The third-order valence-corrected chi connectivity index (χ3v) is 3.11. The van der Waals surface area contributed by atoms with E-state index in [4.69, 9.17) is 0 Å². The normalized spacial score (nSPS) is 11.8. The molecule has 0 atom stereocenters. The van der Waals surface area contributed by atoms with Crippen LogP contribution < -0.4 is 0 Å². The molecule has 11 heteroatoms. The third kappa shape index (κ3) is 3.62. The van der Waals surface area contributed by atoms with E-state index in [1.165, 1.54) is 0 Å². The van der Waals surface area contributed by atoms with Gasteiger partial charge in [-0.3, -0.25) is 0 Å². The number of halogens is 10. The van der Waals surface area contributed by atoms with Crippen LogP contribution in [0, 0.1) is 58.2 Å². The predicted molar refractivity (Wildman–Crippen MR) is 71.6 cm³/mol. The van der Waals surface area contributed by atoms with Crippen LogP contribution in [0.15, 0.2) is 12.5 Å². The summed E-state index contributed by atoms with van der Waals surface area (Å²) >= 11 is 0. The van der Waals surface area contributed by atoms with E-state index in [-0.39, 0.29) is 0 Å². The summed E-state index contributed by atoms with van der Waals surface area (Å²) in [5.74, 6) is -22.3. The molecule has 0 fully saturated rings. The first-order valence-electron chi connectivity index (χ1n) is 6.61. The van der Waals surface area contributed by atoms with Crippen molar-refractivity contribution in [2.24, 2.45) is 0 Å². The van der Waals surface area contributed by atoms with E-state index in [2.05, 4.69) is 4.74 Å². The highest BCUT2D eigenvalue weighted by atomic mass is 19.2. The maximum absolute atomic E-state index is 13.3. The van der Waals surface area contributed by atoms with Crippen LogP contribution in [0.5, 0.6) is 0 Å². The summed E-state index contributed by atoms with van der Waals surface area (Å²) in [6, 6.07) is 0. The first-order chi connectivity index (χ1) is 12.6. The van der Waals surface area contributed by atoms with Gasteiger partial charge in [-0.2, -0.15) is 0 Å². The fraction of sp³-hybridized carbons (Fsp3) is 0. The molecule has 0 amide bonds. The Balaban J connectivity index is 2.26. The Morgan fingerprint density at radius 1 is 0.370 bits per heavy atom. The molecule has 27 heavy (non-hydrogen) atoms. The summed E-state index contributed by atoms with van der Waals surface area (Å²) in [4.78, 5) is 0. The van der Waals surface area contributed by atoms with Crippen molar-refractivity contribution in [1.82, 2.24) is 0 Å². The second-order valence-electron chi connectivity index (χ2n) is 4.71. The van der Waals surface area contributed by atoms with Crippen molar-refractivity contribution in [3.63, 3.8) is 0 Å². The molecule has 0 spiro atoms. The summed E-state index contributed by atoms with van der Waals surface area (Å²) in [5.41, 5.74) is -2.76. The fourth-order valence-corrected chi connectivity index (χ4v) is 1.80. The monoisotopic (exact) mass is 402 g/mol. The molecule has 0 heterocycles. The molecule has 2 rings (SSSR count). The van der Waals surface area contributed by atoms with Gasteiger partial charge in [-0.25, -0.2) is 43.9 Å². The Hall–Kier alpha value is -2.98. The van der Waals surface area contributed by atoms with Crippen molar-refractivity contribution >= 4 is 12.2 Å². The topological polar surface area (TPSA) is 9.23 Å². The highest BCUT2D eigenvalue weighted by molar-refractivity contribution is 5.52. The standard InChI is InChI=1S/C16H4F10O/c17-7-5(8(18)12(22)15(25)11(7)21)1-3-27-4-2-6-9(19)13(23)16(26)14(24)10(6)20/h1-4H. The minimum atomic E-state index is -2.38. The molecule has 0 bridgehead atoms. The lowest BCUT2D eigenvalue weighted by molar-refractivity contribution is 0.374. The molecule has 144 valence electrons. The summed E-state index contributed by atoms with van der Waals surface area (Å²) in [7, 11) is 0. The first-order valence-corrected chi connectivity index (χ1v) is 6.61. The number of hydrogen-bond acceptors (Lipinski definition) is 1. The predicted octanol–water partition coefficient (Wildman–Crippen LogP) is 5.74. The van der Waals surface area contributed by atoms with Gasteiger partial charge in [0.05, 0.1) is 23.7 Å². The van der Waals surface area contributed by atoms with Crippen molar-refractivity contribution in [1.29, 1.82) is 0 Å². The lowest BCUT2D eigenvalue weighted by Crippen LogP contribution is -2.04. The molecule has 1 nitrogen and oxygen atoms in total. The Morgan fingerprint density at radius 2 is 0.593 bits per heavy atom. The van der Waals surface area contributed by atoms with Gasteiger partial charge < -0.3 is 4.74 Å². The van der Waals surface area contributed by atoms with E-state index in [0.717, 1.165) is 0 Å². The third-order valence-electron chi connectivity index (χ3n) is 3.11. The minimum absolute atomic E-state index is 0.291. The molecule has 0 aromatic heterocycles. The molecule has 0 N–H and O–H groups in total. The lowest BCUT2D eigenvalue weighted by Gasteiger charge is -2.04. The number of benzene rings is 2. The molecule has 0 saturated carbocycles. The van der Waals surface area contributed by atoms with Gasteiger partial charge >= 0.3 is 0 Å². The van der Waals surface area contributed by atoms with Crippen LogP contribution in [0.1, 0.15) is 11.1 Å². The van der Waals surface area contributed by atoms with Gasteiger partial charge in [-0.15, -0.1) is 0 Å². The van der Waals surface area contributed by atoms with Crippen LogP contribution in [-0.4, -0.2) is 0 Å². The number of rotatable bonds is 4. The molecule has 2 aromatic carbocycles. The van der Waals surface area contributed by atoms with Gasteiger partial charge in [-0.1, -0.05) is 0 Å². The lowest BCUT2D eigenvalue weighted by atomic mass is 10.1. The molecule has 0 saturated heterocycles. The van der Waals surface area contributed by atoms with Crippen molar-refractivity contribution in [2.45, 2.75) is 0 Å². The van der Waals surface area contributed by atoms with Gasteiger partial charge in [0, 0.05) is 0 Å². The Morgan fingerprint density at radius 3 is 0.852 bits per heavy atom. The molecule has 0 aliphatic rings. The van der Waals surface area contributed by atoms with Crippen molar-refractivity contribution in [3.05, 3.63) is 81.8 Å². The van der Waals surface area contributed by atoms with Gasteiger partial charge in [0.2, 0.25) is 11.6 Å². The van der Waals surface area contributed by atoms with Gasteiger partial charge in [0.15, 0.2) is 46.5 Å². The van der Waals surface area contributed by atoms with Crippen LogP contribution in [-0.2, 0) is 4.74 Å². The van der Waals surface area contributed by atoms with E-state index in [0.29, 0.717) is 24.7 Å². The van der Waals surface area contributed by atoms with Crippen LogP contribution >= 0.6 is 0 Å². The van der Waals surface area contributed by atoms with E-state index < -0.39 is 69.3 Å². The number of ether oxygens (including phenoxy) is 1. The summed E-state index contributed by atoms with van der Waals surface area (Å²) in [6.07, 6.45) is 1.28.